The molecule has 146 valence electrons. The average molecular weight is 399 g/mol. The summed E-state index contributed by atoms with van der Waals surface area (Å²) in [5.41, 5.74) is 0.556. The number of morpholine rings is 1. The molecule has 1 N–H and O–H groups in total. The van der Waals surface area contributed by atoms with Crippen molar-refractivity contribution in [1.82, 2.24) is 20.1 Å². The van der Waals surface area contributed by atoms with Crippen LogP contribution in [0.4, 0.5) is 5.13 Å². The van der Waals surface area contributed by atoms with E-state index < -0.39 is 0 Å². The van der Waals surface area contributed by atoms with Gasteiger partial charge in [0.05, 0.1) is 37.0 Å². The van der Waals surface area contributed by atoms with Crippen LogP contribution in [0.2, 0.25) is 0 Å². The minimum Gasteiger partial charge on any atom is -0.378 e. The number of carbonyl (C=O) groups is 1. The first-order valence-electron chi connectivity index (χ1n) is 9.16. The molecule has 0 spiro atoms. The number of hydrogen-bond acceptors (Lipinski definition) is 7. The first kappa shape index (κ1) is 18.6. The zero-order chi connectivity index (χ0) is 19.5. The van der Waals surface area contributed by atoms with Crippen LogP contribution in [0.25, 0.3) is 10.8 Å². The number of benzene rings is 1. The van der Waals surface area contributed by atoms with Gasteiger partial charge in [0.25, 0.3) is 11.5 Å². The highest BCUT2D eigenvalue weighted by atomic mass is 32.1. The van der Waals surface area contributed by atoms with Gasteiger partial charge in [0.15, 0.2) is 5.13 Å². The molecular weight excluding hydrogens is 378 g/mol. The Morgan fingerprint density at radius 1 is 1.29 bits per heavy atom. The third-order valence-electron chi connectivity index (χ3n) is 4.64. The number of nitrogens with one attached hydrogen (secondary N) is 1. The minimum absolute atomic E-state index is 0.157. The van der Waals surface area contributed by atoms with Crippen LogP contribution >= 0.6 is 11.3 Å². The van der Waals surface area contributed by atoms with Crippen molar-refractivity contribution in [2.24, 2.45) is 0 Å². The molecule has 3 aromatic rings. The van der Waals surface area contributed by atoms with Crippen molar-refractivity contribution in [2.75, 3.05) is 37.7 Å². The Labute approximate surface area is 165 Å². The number of ether oxygens (including phenoxy) is 1. The van der Waals surface area contributed by atoms with E-state index in [1.807, 2.05) is 25.1 Å². The standard InChI is InChI=1S/C19H21N5O3S/c1-13-16(28-19(22-13)23-8-10-27-11-9-23)17(25)20-6-7-24-18(26)15-5-3-2-4-14(15)12-21-24/h2-5,12H,6-11H2,1H3,(H,20,25). The van der Waals surface area contributed by atoms with Crippen LogP contribution in [0, 0.1) is 6.92 Å². The quantitative estimate of drug-likeness (QED) is 0.698. The molecule has 3 heterocycles. The van der Waals surface area contributed by atoms with Gasteiger partial charge in [-0.15, -0.1) is 0 Å². The molecule has 0 saturated carbocycles. The van der Waals surface area contributed by atoms with Crippen LogP contribution in [0.3, 0.4) is 0 Å². The lowest BCUT2D eigenvalue weighted by atomic mass is 10.2. The molecule has 0 unspecified atom stereocenters. The molecule has 1 amide bonds. The average Bonchev–Trinajstić information content (AvgIpc) is 3.12. The SMILES string of the molecule is Cc1nc(N2CCOCC2)sc1C(=O)NCCn1ncc2ccccc2c1=O. The molecule has 0 aliphatic carbocycles. The number of thiazole rings is 1. The lowest BCUT2D eigenvalue weighted by Gasteiger charge is -2.25. The predicted molar refractivity (Wildman–Crippen MR) is 108 cm³/mol. The molecular formula is C19H21N5O3S. The zero-order valence-corrected chi connectivity index (χ0v) is 16.4. The fourth-order valence-electron chi connectivity index (χ4n) is 3.13. The second kappa shape index (κ2) is 8.07. The van der Waals surface area contributed by atoms with Crippen molar-refractivity contribution in [1.29, 1.82) is 0 Å². The Hall–Kier alpha value is -2.78. The number of carbonyl (C=O) groups excluding carboxylic acids is 1. The molecule has 2 aromatic heterocycles. The lowest BCUT2D eigenvalue weighted by Crippen LogP contribution is -2.36. The zero-order valence-electron chi connectivity index (χ0n) is 15.6. The fourth-order valence-corrected chi connectivity index (χ4v) is 4.16. The summed E-state index contributed by atoms with van der Waals surface area (Å²) in [6.07, 6.45) is 1.67. The first-order valence-corrected chi connectivity index (χ1v) is 9.98. The van der Waals surface area contributed by atoms with Crippen LogP contribution < -0.4 is 15.8 Å². The van der Waals surface area contributed by atoms with Crippen molar-refractivity contribution in [2.45, 2.75) is 13.5 Å². The van der Waals surface area contributed by atoms with Crippen LogP contribution in [0.5, 0.6) is 0 Å². The topological polar surface area (TPSA) is 89.3 Å². The first-order chi connectivity index (χ1) is 13.6. The second-order valence-corrected chi connectivity index (χ2v) is 7.50. The highest BCUT2D eigenvalue weighted by molar-refractivity contribution is 7.17. The molecule has 0 radical (unpaired) electrons. The van der Waals surface area contributed by atoms with Gasteiger partial charge >= 0.3 is 0 Å². The summed E-state index contributed by atoms with van der Waals surface area (Å²) in [5, 5.41) is 9.33. The molecule has 4 rings (SSSR count). The number of amides is 1. The van der Waals surface area contributed by atoms with E-state index >= 15 is 0 Å². The van der Waals surface area contributed by atoms with Gasteiger partial charge in [-0.05, 0) is 13.0 Å². The number of hydrogen-bond donors (Lipinski definition) is 1. The van der Waals surface area contributed by atoms with Gasteiger partial charge in [-0.2, -0.15) is 5.10 Å². The summed E-state index contributed by atoms with van der Waals surface area (Å²) in [6.45, 7) is 5.37. The highest BCUT2D eigenvalue weighted by Gasteiger charge is 2.20. The number of aryl methyl sites for hydroxylation is 1. The van der Waals surface area contributed by atoms with Crippen molar-refractivity contribution in [3.05, 3.63) is 51.4 Å². The Balaban J connectivity index is 1.40. The van der Waals surface area contributed by atoms with Crippen molar-refractivity contribution < 1.29 is 9.53 Å². The number of rotatable bonds is 5. The van der Waals surface area contributed by atoms with Gasteiger partial charge in [-0.3, -0.25) is 9.59 Å². The number of fused-ring (bicyclic) bond motifs is 1. The molecule has 1 saturated heterocycles. The Morgan fingerprint density at radius 3 is 2.89 bits per heavy atom. The van der Waals surface area contributed by atoms with Crippen LogP contribution in [0.1, 0.15) is 15.4 Å². The molecule has 9 heteroatoms. The van der Waals surface area contributed by atoms with Crippen LogP contribution in [-0.4, -0.2) is 53.5 Å². The molecule has 1 aliphatic rings. The molecule has 1 aliphatic heterocycles. The monoisotopic (exact) mass is 399 g/mol. The third-order valence-corrected chi connectivity index (χ3v) is 5.86. The molecule has 0 bridgehead atoms. The molecule has 0 atom stereocenters. The van der Waals surface area contributed by atoms with E-state index in [9.17, 15) is 9.59 Å². The van der Waals surface area contributed by atoms with Gasteiger partial charge in [-0.1, -0.05) is 29.5 Å². The number of anilines is 1. The summed E-state index contributed by atoms with van der Waals surface area (Å²) in [4.78, 5) is 32.3. The number of nitrogens with zero attached hydrogens (tertiary/aromatic N) is 4. The maximum absolute atomic E-state index is 12.6. The highest BCUT2D eigenvalue weighted by Crippen LogP contribution is 2.26. The number of aromatic nitrogens is 3. The normalized spacial score (nSPS) is 14.4. The Morgan fingerprint density at radius 2 is 2.07 bits per heavy atom. The maximum Gasteiger partial charge on any atom is 0.274 e. The van der Waals surface area contributed by atoms with Gasteiger partial charge in [-0.25, -0.2) is 9.67 Å². The summed E-state index contributed by atoms with van der Waals surface area (Å²) in [6, 6.07) is 7.34. The summed E-state index contributed by atoms with van der Waals surface area (Å²) in [5.74, 6) is -0.177. The van der Waals surface area contributed by atoms with Gasteiger partial charge < -0.3 is 15.0 Å². The molecule has 8 nitrogen and oxygen atoms in total. The van der Waals surface area contributed by atoms with E-state index in [4.69, 9.17) is 4.74 Å². The van der Waals surface area contributed by atoms with E-state index in [1.54, 1.807) is 12.3 Å². The minimum atomic E-state index is -0.177. The van der Waals surface area contributed by atoms with Crippen molar-refractivity contribution >= 4 is 33.1 Å². The van der Waals surface area contributed by atoms with Gasteiger partial charge in [0.2, 0.25) is 0 Å². The maximum atomic E-state index is 12.6. The van der Waals surface area contributed by atoms with E-state index in [2.05, 4.69) is 20.3 Å². The predicted octanol–water partition coefficient (Wildman–Crippen LogP) is 1.43. The van der Waals surface area contributed by atoms with Crippen molar-refractivity contribution in [3.8, 4) is 0 Å². The lowest BCUT2D eigenvalue weighted by molar-refractivity contribution is 0.0955. The van der Waals surface area contributed by atoms with Crippen LogP contribution in [-0.2, 0) is 11.3 Å². The van der Waals surface area contributed by atoms with E-state index in [0.717, 1.165) is 23.6 Å². The van der Waals surface area contributed by atoms with E-state index in [-0.39, 0.29) is 11.5 Å². The second-order valence-electron chi connectivity index (χ2n) is 6.53. The third kappa shape index (κ3) is 3.76. The van der Waals surface area contributed by atoms with E-state index in [1.165, 1.54) is 16.0 Å². The summed E-state index contributed by atoms with van der Waals surface area (Å²) in [7, 11) is 0. The van der Waals surface area contributed by atoms with E-state index in [0.29, 0.717) is 42.3 Å². The van der Waals surface area contributed by atoms with Crippen molar-refractivity contribution in [3.63, 3.8) is 0 Å². The van der Waals surface area contributed by atoms with Crippen LogP contribution in [0.15, 0.2) is 35.3 Å². The molecule has 1 fully saturated rings. The summed E-state index contributed by atoms with van der Waals surface area (Å²) >= 11 is 1.39. The molecule has 1 aromatic carbocycles. The smallest absolute Gasteiger partial charge is 0.274 e. The van der Waals surface area contributed by atoms with Gasteiger partial charge in [0, 0.05) is 25.0 Å². The summed E-state index contributed by atoms with van der Waals surface area (Å²) < 4.78 is 6.74. The largest absolute Gasteiger partial charge is 0.378 e. The van der Waals surface area contributed by atoms with Gasteiger partial charge in [0.1, 0.15) is 4.88 Å². The fraction of sp³-hybridized carbons (Fsp3) is 0.368. The molecule has 28 heavy (non-hydrogen) atoms. The Kier molecular flexibility index (Phi) is 5.36. The Bertz CT molecular complexity index is 1060.